The van der Waals surface area contributed by atoms with Gasteiger partial charge in [-0.05, 0) is 29.8 Å². The molecule has 1 rings (SSSR count). The van der Waals surface area contributed by atoms with Crippen LogP contribution in [-0.2, 0) is 6.54 Å². The Bertz CT molecular complexity index is 377. The van der Waals surface area contributed by atoms with E-state index in [1.807, 2.05) is 11.6 Å². The van der Waals surface area contributed by atoms with E-state index in [4.69, 9.17) is 11.6 Å². The lowest BCUT2D eigenvalue weighted by atomic mass is 10.2. The zero-order chi connectivity index (χ0) is 13.4. The van der Waals surface area contributed by atoms with Crippen LogP contribution in [0, 0.1) is 5.92 Å². The monoisotopic (exact) mass is 289 g/mol. The van der Waals surface area contributed by atoms with Crippen LogP contribution in [0.25, 0.3) is 0 Å². The van der Waals surface area contributed by atoms with Gasteiger partial charge in [0, 0.05) is 17.8 Å². The summed E-state index contributed by atoms with van der Waals surface area (Å²) >= 11 is 7.22. The highest BCUT2D eigenvalue weighted by Crippen LogP contribution is 2.17. The molecule has 0 saturated heterocycles. The van der Waals surface area contributed by atoms with Gasteiger partial charge in [-0.25, -0.2) is 4.68 Å². The summed E-state index contributed by atoms with van der Waals surface area (Å²) in [5.41, 5.74) is 2.69. The highest BCUT2D eigenvalue weighted by atomic mass is 35.5. The van der Waals surface area contributed by atoms with Crippen molar-refractivity contribution in [3.8, 4) is 0 Å². The molecule has 0 aliphatic carbocycles. The largest absolute Gasteiger partial charge is 0.315 e. The fourth-order valence-electron chi connectivity index (χ4n) is 1.23. The smallest absolute Gasteiger partial charge is 0.209 e. The summed E-state index contributed by atoms with van der Waals surface area (Å²) in [5.74, 6) is 1.47. The van der Waals surface area contributed by atoms with Crippen LogP contribution in [-0.4, -0.2) is 39.0 Å². The summed E-state index contributed by atoms with van der Waals surface area (Å²) in [6.45, 7) is 9.03. The third-order valence-electron chi connectivity index (χ3n) is 2.17. The first-order valence-electron chi connectivity index (χ1n) is 5.99. The van der Waals surface area contributed by atoms with E-state index >= 15 is 0 Å². The van der Waals surface area contributed by atoms with Gasteiger partial charge in [0.1, 0.15) is 0 Å². The van der Waals surface area contributed by atoms with Crippen LogP contribution in [0.15, 0.2) is 16.3 Å². The number of halogens is 1. The maximum absolute atomic E-state index is 5.62. The summed E-state index contributed by atoms with van der Waals surface area (Å²) < 4.78 is 1.82. The molecule has 1 aromatic rings. The zero-order valence-corrected chi connectivity index (χ0v) is 12.6. The number of thioether (sulfide) groups is 1. The van der Waals surface area contributed by atoms with Gasteiger partial charge in [-0.3, -0.25) is 0 Å². The Morgan fingerprint density at radius 3 is 3.00 bits per heavy atom. The number of hydrogen-bond acceptors (Lipinski definition) is 5. The van der Waals surface area contributed by atoms with Crippen LogP contribution in [0.5, 0.6) is 0 Å². The zero-order valence-electron chi connectivity index (χ0n) is 11.1. The van der Waals surface area contributed by atoms with Crippen molar-refractivity contribution in [3.05, 3.63) is 11.1 Å². The van der Waals surface area contributed by atoms with E-state index in [2.05, 4.69) is 34.7 Å². The van der Waals surface area contributed by atoms with Crippen LogP contribution in [0.2, 0.25) is 0 Å². The number of aromatic nitrogens is 4. The summed E-state index contributed by atoms with van der Waals surface area (Å²) in [5, 5.41) is 15.9. The molecule has 0 aliphatic rings. The van der Waals surface area contributed by atoms with Gasteiger partial charge >= 0.3 is 0 Å². The third-order valence-corrected chi connectivity index (χ3v) is 3.69. The lowest BCUT2D eigenvalue weighted by molar-refractivity contribution is 0.482. The van der Waals surface area contributed by atoms with E-state index in [0.29, 0.717) is 5.92 Å². The van der Waals surface area contributed by atoms with E-state index in [-0.39, 0.29) is 0 Å². The number of hydrogen-bond donors (Lipinski definition) is 1. The minimum Gasteiger partial charge on any atom is -0.315 e. The Morgan fingerprint density at radius 2 is 2.33 bits per heavy atom. The van der Waals surface area contributed by atoms with Crippen molar-refractivity contribution < 1.29 is 0 Å². The predicted molar refractivity (Wildman–Crippen MR) is 75.9 cm³/mol. The first kappa shape index (κ1) is 15.5. The first-order valence-corrected chi connectivity index (χ1v) is 7.41. The number of nitrogens with one attached hydrogen (secondary N) is 1. The van der Waals surface area contributed by atoms with E-state index in [9.17, 15) is 0 Å². The second kappa shape index (κ2) is 8.50. The normalized spacial score (nSPS) is 12.4. The van der Waals surface area contributed by atoms with Gasteiger partial charge in [0.25, 0.3) is 0 Å². The average Bonchev–Trinajstić information content (AvgIpc) is 2.79. The van der Waals surface area contributed by atoms with Gasteiger partial charge in [-0.1, -0.05) is 42.8 Å². The van der Waals surface area contributed by atoms with E-state index < -0.39 is 0 Å². The van der Waals surface area contributed by atoms with Crippen LogP contribution in [0.3, 0.4) is 0 Å². The lowest BCUT2D eigenvalue weighted by Crippen LogP contribution is -2.24. The molecule has 1 aromatic heterocycles. The Hall–Kier alpha value is -0.590. The minimum absolute atomic E-state index is 0.657. The van der Waals surface area contributed by atoms with Crippen LogP contribution in [0.1, 0.15) is 20.8 Å². The minimum atomic E-state index is 0.657. The summed E-state index contributed by atoms with van der Waals surface area (Å²) in [4.78, 5) is 0. The predicted octanol–water partition coefficient (Wildman–Crippen LogP) is 2.15. The molecule has 1 N–H and O–H groups in total. The fourth-order valence-corrected chi connectivity index (χ4v) is 2.21. The second-order valence-electron chi connectivity index (χ2n) is 4.53. The summed E-state index contributed by atoms with van der Waals surface area (Å²) in [6, 6.07) is 0. The Kier molecular flexibility index (Phi) is 7.31. The van der Waals surface area contributed by atoms with Gasteiger partial charge in [0.2, 0.25) is 5.16 Å². The van der Waals surface area contributed by atoms with E-state index in [1.54, 1.807) is 17.3 Å². The molecule has 0 saturated carbocycles. The highest BCUT2D eigenvalue weighted by Gasteiger charge is 2.06. The molecule has 0 atom stereocenters. The molecule has 1 heterocycles. The van der Waals surface area contributed by atoms with Gasteiger partial charge in [0.15, 0.2) is 0 Å². The Labute approximate surface area is 117 Å². The van der Waals surface area contributed by atoms with E-state index in [1.165, 1.54) is 0 Å². The van der Waals surface area contributed by atoms with Crippen molar-refractivity contribution in [2.24, 2.45) is 5.92 Å². The van der Waals surface area contributed by atoms with Crippen LogP contribution < -0.4 is 5.32 Å². The molecule has 0 spiro atoms. The lowest BCUT2D eigenvalue weighted by Gasteiger charge is -2.08. The van der Waals surface area contributed by atoms with Gasteiger partial charge < -0.3 is 5.32 Å². The van der Waals surface area contributed by atoms with Crippen molar-refractivity contribution in [1.82, 2.24) is 25.5 Å². The molecule has 0 aromatic carbocycles. The van der Waals surface area contributed by atoms with Gasteiger partial charge in [0.05, 0.1) is 6.54 Å². The van der Waals surface area contributed by atoms with Gasteiger partial charge in [-0.15, -0.1) is 5.10 Å². The molecule has 7 heteroatoms. The summed E-state index contributed by atoms with van der Waals surface area (Å²) in [7, 11) is 0. The quantitative estimate of drug-likeness (QED) is 0.587. The SMILES string of the molecule is CC(=CCl)CSc1nnnn1CCNCC(C)C. The van der Waals surface area contributed by atoms with Crippen molar-refractivity contribution in [3.63, 3.8) is 0 Å². The van der Waals surface area contributed by atoms with Crippen LogP contribution in [0.4, 0.5) is 0 Å². The Morgan fingerprint density at radius 1 is 1.56 bits per heavy atom. The maximum Gasteiger partial charge on any atom is 0.209 e. The molecule has 102 valence electrons. The van der Waals surface area contributed by atoms with Gasteiger partial charge in [-0.2, -0.15) is 0 Å². The van der Waals surface area contributed by atoms with Crippen molar-refractivity contribution in [2.45, 2.75) is 32.5 Å². The van der Waals surface area contributed by atoms with Crippen molar-refractivity contribution >= 4 is 23.4 Å². The van der Waals surface area contributed by atoms with E-state index in [0.717, 1.165) is 36.1 Å². The highest BCUT2D eigenvalue weighted by molar-refractivity contribution is 7.99. The number of nitrogens with zero attached hydrogens (tertiary/aromatic N) is 4. The molecule has 0 amide bonds. The van der Waals surface area contributed by atoms with Crippen molar-refractivity contribution in [1.29, 1.82) is 0 Å². The molecule has 18 heavy (non-hydrogen) atoms. The molecular weight excluding hydrogens is 270 g/mol. The average molecular weight is 290 g/mol. The molecule has 0 bridgehead atoms. The summed E-state index contributed by atoms with van der Waals surface area (Å²) in [6.07, 6.45) is 0. The maximum atomic E-state index is 5.62. The third kappa shape index (κ3) is 5.84. The molecule has 0 fully saturated rings. The molecule has 0 radical (unpaired) electrons. The molecule has 0 unspecified atom stereocenters. The first-order chi connectivity index (χ1) is 8.63. The molecular formula is C11H20ClN5S. The Balaban J connectivity index is 2.35. The molecule has 0 aliphatic heterocycles. The second-order valence-corrected chi connectivity index (χ2v) is 5.69. The standard InChI is InChI=1S/C11H20ClN5S/c1-9(2)7-13-4-5-17-11(14-15-16-17)18-8-10(3)6-12/h6,9,13H,4-5,7-8H2,1-3H3. The fraction of sp³-hybridized carbons (Fsp3) is 0.727. The van der Waals surface area contributed by atoms with Crippen molar-refractivity contribution in [2.75, 3.05) is 18.8 Å². The topological polar surface area (TPSA) is 55.6 Å². The number of rotatable bonds is 8. The number of tetrazole rings is 1. The molecule has 5 nitrogen and oxygen atoms in total. The van der Waals surface area contributed by atoms with Crippen LogP contribution >= 0.6 is 23.4 Å².